The van der Waals surface area contributed by atoms with Crippen LogP contribution in [0.3, 0.4) is 0 Å². The zero-order valence-electron chi connectivity index (χ0n) is 17.5. The Balaban J connectivity index is 1.59. The second-order valence-electron chi connectivity index (χ2n) is 7.15. The maximum Gasteiger partial charge on any atom is 0.244 e. The van der Waals surface area contributed by atoms with Gasteiger partial charge in [0.2, 0.25) is 5.91 Å². The summed E-state index contributed by atoms with van der Waals surface area (Å²) in [6.45, 7) is 2.91. The number of hydrogen-bond donors (Lipinski definition) is 1. The molecule has 1 atom stereocenters. The van der Waals surface area contributed by atoms with Crippen LogP contribution in [0.1, 0.15) is 27.9 Å². The Labute approximate surface area is 182 Å². The lowest BCUT2D eigenvalue weighted by molar-refractivity contribution is -0.116. The van der Waals surface area contributed by atoms with Crippen LogP contribution in [0.25, 0.3) is 6.08 Å². The SMILES string of the molecule is Cc1nc(COc2ccccc2/C=C/C(=O)NCC(c2ccccc2)N(C)C)cs1. The lowest BCUT2D eigenvalue weighted by atomic mass is 10.1. The summed E-state index contributed by atoms with van der Waals surface area (Å²) in [6.07, 6.45) is 3.33. The maximum atomic E-state index is 12.4. The van der Waals surface area contributed by atoms with Crippen molar-refractivity contribution >= 4 is 23.3 Å². The van der Waals surface area contributed by atoms with E-state index in [1.165, 1.54) is 5.56 Å². The number of hydrogen-bond acceptors (Lipinski definition) is 5. The normalized spacial score (nSPS) is 12.3. The number of aryl methyl sites for hydroxylation is 1. The van der Waals surface area contributed by atoms with Crippen LogP contribution in [0, 0.1) is 6.92 Å². The third kappa shape index (κ3) is 6.27. The summed E-state index contributed by atoms with van der Waals surface area (Å²) in [6, 6.07) is 17.9. The third-order valence-electron chi connectivity index (χ3n) is 4.65. The molecule has 0 fully saturated rings. The summed E-state index contributed by atoms with van der Waals surface area (Å²) in [5, 5.41) is 6.01. The number of aromatic nitrogens is 1. The van der Waals surface area contributed by atoms with Gasteiger partial charge in [0.1, 0.15) is 12.4 Å². The smallest absolute Gasteiger partial charge is 0.244 e. The second kappa shape index (κ2) is 10.7. The fourth-order valence-electron chi connectivity index (χ4n) is 3.07. The summed E-state index contributed by atoms with van der Waals surface area (Å²) >= 11 is 1.60. The van der Waals surface area contributed by atoms with Crippen LogP contribution in [-0.4, -0.2) is 36.4 Å². The van der Waals surface area contributed by atoms with Crippen molar-refractivity contribution in [1.29, 1.82) is 0 Å². The molecule has 30 heavy (non-hydrogen) atoms. The van der Waals surface area contributed by atoms with Gasteiger partial charge in [0.25, 0.3) is 0 Å². The number of rotatable bonds is 9. The van der Waals surface area contributed by atoms with Gasteiger partial charge >= 0.3 is 0 Å². The predicted molar refractivity (Wildman–Crippen MR) is 123 cm³/mol. The molecule has 1 unspecified atom stereocenters. The number of ether oxygens (including phenoxy) is 1. The summed E-state index contributed by atoms with van der Waals surface area (Å²) in [4.78, 5) is 18.9. The molecule has 0 saturated carbocycles. The molecule has 1 amide bonds. The first kappa shape index (κ1) is 21.7. The van der Waals surface area contributed by atoms with Crippen molar-refractivity contribution in [2.24, 2.45) is 0 Å². The lowest BCUT2D eigenvalue weighted by Crippen LogP contribution is -2.33. The van der Waals surface area contributed by atoms with E-state index in [0.29, 0.717) is 13.2 Å². The highest BCUT2D eigenvalue weighted by molar-refractivity contribution is 7.09. The summed E-state index contributed by atoms with van der Waals surface area (Å²) in [5.41, 5.74) is 2.93. The highest BCUT2D eigenvalue weighted by Crippen LogP contribution is 2.21. The Hall–Kier alpha value is -2.96. The summed E-state index contributed by atoms with van der Waals surface area (Å²) in [5.74, 6) is 0.588. The number of benzene rings is 2. The standard InChI is InChI=1S/C24H27N3O2S/c1-18-26-21(17-30-18)16-29-23-12-8-7-11-20(23)13-14-24(28)25-15-22(27(2)3)19-9-5-4-6-10-19/h4-14,17,22H,15-16H2,1-3H3,(H,25,28)/b14-13+. The quantitative estimate of drug-likeness (QED) is 0.518. The van der Waals surface area contributed by atoms with E-state index in [0.717, 1.165) is 22.0 Å². The van der Waals surface area contributed by atoms with E-state index >= 15 is 0 Å². The highest BCUT2D eigenvalue weighted by Gasteiger charge is 2.14. The van der Waals surface area contributed by atoms with E-state index in [1.807, 2.05) is 68.9 Å². The van der Waals surface area contributed by atoms with Crippen molar-refractivity contribution in [2.45, 2.75) is 19.6 Å². The second-order valence-corrected chi connectivity index (χ2v) is 8.22. The van der Waals surface area contributed by atoms with Gasteiger partial charge in [-0.05, 0) is 38.7 Å². The number of nitrogens with one attached hydrogen (secondary N) is 1. The lowest BCUT2D eigenvalue weighted by Gasteiger charge is -2.24. The van der Waals surface area contributed by atoms with Crippen molar-refractivity contribution < 1.29 is 9.53 Å². The third-order valence-corrected chi connectivity index (χ3v) is 5.48. The van der Waals surface area contributed by atoms with E-state index in [4.69, 9.17) is 4.74 Å². The first-order valence-corrected chi connectivity index (χ1v) is 10.7. The largest absolute Gasteiger partial charge is 0.487 e. The predicted octanol–water partition coefficient (Wildman–Crippen LogP) is 4.46. The molecule has 0 spiro atoms. The average Bonchev–Trinajstić information content (AvgIpc) is 3.17. The van der Waals surface area contributed by atoms with Crippen LogP contribution in [0.5, 0.6) is 5.75 Å². The minimum absolute atomic E-state index is 0.112. The van der Waals surface area contributed by atoms with E-state index in [1.54, 1.807) is 23.5 Å². The average molecular weight is 422 g/mol. The van der Waals surface area contributed by atoms with Gasteiger partial charge in [-0.15, -0.1) is 11.3 Å². The molecule has 0 saturated heterocycles. The van der Waals surface area contributed by atoms with Gasteiger partial charge < -0.3 is 15.0 Å². The van der Waals surface area contributed by atoms with Crippen LogP contribution in [0.15, 0.2) is 66.1 Å². The van der Waals surface area contributed by atoms with Gasteiger partial charge in [-0.2, -0.15) is 0 Å². The number of amides is 1. The number of thiazole rings is 1. The van der Waals surface area contributed by atoms with Crippen LogP contribution >= 0.6 is 11.3 Å². The number of carbonyl (C=O) groups excluding carboxylic acids is 1. The monoisotopic (exact) mass is 421 g/mol. The van der Waals surface area contributed by atoms with Crippen molar-refractivity contribution in [1.82, 2.24) is 15.2 Å². The molecular weight excluding hydrogens is 394 g/mol. The van der Waals surface area contributed by atoms with Gasteiger partial charge in [-0.25, -0.2) is 4.98 Å². The minimum atomic E-state index is -0.136. The van der Waals surface area contributed by atoms with Gasteiger partial charge in [0, 0.05) is 23.6 Å². The molecule has 0 aliphatic heterocycles. The molecule has 0 bridgehead atoms. The molecule has 0 radical (unpaired) electrons. The Morgan fingerprint density at radius 1 is 1.17 bits per heavy atom. The first-order chi connectivity index (χ1) is 14.5. The fourth-order valence-corrected chi connectivity index (χ4v) is 3.67. The van der Waals surface area contributed by atoms with E-state index in [-0.39, 0.29) is 11.9 Å². The fraction of sp³-hybridized carbons (Fsp3) is 0.250. The van der Waals surface area contributed by atoms with Crippen LogP contribution in [0.2, 0.25) is 0 Å². The van der Waals surface area contributed by atoms with Crippen molar-refractivity contribution in [3.63, 3.8) is 0 Å². The molecule has 5 nitrogen and oxygen atoms in total. The van der Waals surface area contributed by atoms with Crippen LogP contribution < -0.4 is 10.1 Å². The molecule has 156 valence electrons. The Bertz CT molecular complexity index is 983. The number of carbonyl (C=O) groups is 1. The molecule has 6 heteroatoms. The zero-order valence-corrected chi connectivity index (χ0v) is 18.4. The topological polar surface area (TPSA) is 54.5 Å². The molecule has 0 aliphatic rings. The first-order valence-electron chi connectivity index (χ1n) is 9.83. The van der Waals surface area contributed by atoms with Gasteiger partial charge in [-0.3, -0.25) is 4.79 Å². The van der Waals surface area contributed by atoms with E-state index in [9.17, 15) is 4.79 Å². The maximum absolute atomic E-state index is 12.4. The zero-order chi connectivity index (χ0) is 21.3. The molecule has 2 aromatic carbocycles. The molecular formula is C24H27N3O2S. The Morgan fingerprint density at radius 2 is 1.90 bits per heavy atom. The number of likely N-dealkylation sites (N-methyl/N-ethyl adjacent to an activating group) is 1. The van der Waals surface area contributed by atoms with E-state index < -0.39 is 0 Å². The van der Waals surface area contributed by atoms with Gasteiger partial charge in [-0.1, -0.05) is 48.5 Å². The van der Waals surface area contributed by atoms with Crippen molar-refractivity contribution in [2.75, 3.05) is 20.6 Å². The highest BCUT2D eigenvalue weighted by atomic mass is 32.1. The molecule has 1 aromatic heterocycles. The van der Waals surface area contributed by atoms with Crippen LogP contribution in [-0.2, 0) is 11.4 Å². The minimum Gasteiger partial charge on any atom is -0.487 e. The Kier molecular flexibility index (Phi) is 7.76. The van der Waals surface area contributed by atoms with Gasteiger partial charge in [0.05, 0.1) is 16.7 Å². The summed E-state index contributed by atoms with van der Waals surface area (Å²) in [7, 11) is 4.02. The Morgan fingerprint density at radius 3 is 2.60 bits per heavy atom. The molecule has 1 heterocycles. The molecule has 1 N–H and O–H groups in total. The van der Waals surface area contributed by atoms with Crippen LogP contribution in [0.4, 0.5) is 0 Å². The van der Waals surface area contributed by atoms with Crippen molar-refractivity contribution in [3.8, 4) is 5.75 Å². The van der Waals surface area contributed by atoms with Crippen molar-refractivity contribution in [3.05, 3.63) is 87.9 Å². The van der Waals surface area contributed by atoms with Gasteiger partial charge in [0.15, 0.2) is 0 Å². The molecule has 3 aromatic rings. The molecule has 0 aliphatic carbocycles. The number of nitrogens with zero attached hydrogens (tertiary/aromatic N) is 2. The van der Waals surface area contributed by atoms with E-state index in [2.05, 4.69) is 27.3 Å². The summed E-state index contributed by atoms with van der Waals surface area (Å²) < 4.78 is 5.91. The number of para-hydroxylation sites is 1. The molecule has 3 rings (SSSR count).